The number of hydrogen-bond acceptors (Lipinski definition) is 8. The molecule has 0 amide bonds. The lowest BCUT2D eigenvalue weighted by Gasteiger charge is -2.37. The predicted molar refractivity (Wildman–Crippen MR) is 55.4 cm³/mol. The molecule has 18 heavy (non-hydrogen) atoms. The number of hydrogen-bond donors (Lipinski definition) is 0. The molecular weight excluding hydrogens is 248 g/mol. The van der Waals surface area contributed by atoms with Gasteiger partial charge in [-0.1, -0.05) is 0 Å². The highest BCUT2D eigenvalue weighted by molar-refractivity contribution is 5.85. The van der Waals surface area contributed by atoms with Crippen molar-refractivity contribution in [3.63, 3.8) is 0 Å². The first-order chi connectivity index (χ1) is 8.58. The fraction of sp³-hybridized carbons (Fsp3) is 0.800. The summed E-state index contributed by atoms with van der Waals surface area (Å²) in [4.78, 5) is 23.0. The number of carbonyl (C=O) groups excluding carboxylic acids is 2. The molecule has 104 valence electrons. The van der Waals surface area contributed by atoms with Crippen LogP contribution in [0.1, 0.15) is 0 Å². The highest BCUT2D eigenvalue weighted by Crippen LogP contribution is 2.23. The van der Waals surface area contributed by atoms with Gasteiger partial charge in [0.15, 0.2) is 12.2 Å². The summed E-state index contributed by atoms with van der Waals surface area (Å²) < 4.78 is 29.5. The van der Waals surface area contributed by atoms with Crippen LogP contribution in [0.3, 0.4) is 0 Å². The van der Waals surface area contributed by atoms with E-state index in [9.17, 15) is 9.59 Å². The van der Waals surface area contributed by atoms with E-state index in [1.807, 2.05) is 0 Å². The Morgan fingerprint density at radius 1 is 0.778 bits per heavy atom. The standard InChI is InChI=1S/C10H16O8/c1-13-7(11)5-6(8(12)14-2)18-10(16-4)9(15-3)17-5/h5-6,9-10H,1-4H3/t5-,6-,9-,10-/m0/s1. The zero-order valence-corrected chi connectivity index (χ0v) is 10.6. The van der Waals surface area contributed by atoms with E-state index in [4.69, 9.17) is 18.9 Å². The Hall–Kier alpha value is -1.22. The fourth-order valence-electron chi connectivity index (χ4n) is 1.48. The Morgan fingerprint density at radius 3 is 1.33 bits per heavy atom. The molecule has 1 saturated heterocycles. The van der Waals surface area contributed by atoms with Crippen LogP contribution in [0.2, 0.25) is 0 Å². The maximum absolute atomic E-state index is 11.5. The summed E-state index contributed by atoms with van der Waals surface area (Å²) in [7, 11) is 5.05. The van der Waals surface area contributed by atoms with Gasteiger partial charge in [0, 0.05) is 14.2 Å². The van der Waals surface area contributed by atoms with E-state index < -0.39 is 36.7 Å². The van der Waals surface area contributed by atoms with Crippen molar-refractivity contribution in [2.75, 3.05) is 28.4 Å². The Labute approximate surface area is 104 Å². The van der Waals surface area contributed by atoms with E-state index in [1.54, 1.807) is 0 Å². The zero-order valence-electron chi connectivity index (χ0n) is 10.6. The number of ether oxygens (including phenoxy) is 6. The van der Waals surface area contributed by atoms with Crippen LogP contribution in [0.25, 0.3) is 0 Å². The molecule has 0 aromatic carbocycles. The van der Waals surface area contributed by atoms with E-state index in [2.05, 4.69) is 9.47 Å². The minimum Gasteiger partial charge on any atom is -0.467 e. The molecule has 0 unspecified atom stereocenters. The van der Waals surface area contributed by atoms with Gasteiger partial charge in [-0.15, -0.1) is 0 Å². The quantitative estimate of drug-likeness (QED) is 0.601. The third kappa shape index (κ3) is 2.96. The Bertz CT molecular complexity index is 274. The molecule has 8 heteroatoms. The van der Waals surface area contributed by atoms with Gasteiger partial charge in [0.05, 0.1) is 14.2 Å². The fourth-order valence-corrected chi connectivity index (χ4v) is 1.48. The average molecular weight is 264 g/mol. The molecule has 1 rings (SSSR count). The summed E-state index contributed by atoms with van der Waals surface area (Å²) in [5, 5.41) is 0. The SMILES string of the molecule is COC(=O)[C@H]1O[C@H](OC)[C@@H](OC)O[C@@H]1C(=O)OC. The third-order valence-electron chi connectivity index (χ3n) is 2.39. The van der Waals surface area contributed by atoms with Gasteiger partial charge in [-0.05, 0) is 0 Å². The highest BCUT2D eigenvalue weighted by Gasteiger charge is 2.47. The van der Waals surface area contributed by atoms with Crippen molar-refractivity contribution in [3.05, 3.63) is 0 Å². The van der Waals surface area contributed by atoms with Gasteiger partial charge in [-0.2, -0.15) is 0 Å². The largest absolute Gasteiger partial charge is 0.467 e. The van der Waals surface area contributed by atoms with Crippen molar-refractivity contribution < 1.29 is 38.0 Å². The molecule has 0 bridgehead atoms. The summed E-state index contributed by atoms with van der Waals surface area (Å²) in [5.41, 5.74) is 0. The van der Waals surface area contributed by atoms with Gasteiger partial charge in [0.25, 0.3) is 0 Å². The van der Waals surface area contributed by atoms with E-state index in [1.165, 1.54) is 28.4 Å². The normalized spacial score (nSPS) is 31.8. The minimum absolute atomic E-state index is 0.762. The second kappa shape index (κ2) is 6.64. The van der Waals surface area contributed by atoms with Crippen molar-refractivity contribution in [1.82, 2.24) is 0 Å². The zero-order chi connectivity index (χ0) is 13.7. The lowest BCUT2D eigenvalue weighted by Crippen LogP contribution is -2.56. The minimum atomic E-state index is -1.27. The van der Waals surface area contributed by atoms with Crippen molar-refractivity contribution in [1.29, 1.82) is 0 Å². The van der Waals surface area contributed by atoms with Crippen LogP contribution in [0.15, 0.2) is 0 Å². The molecule has 0 spiro atoms. The van der Waals surface area contributed by atoms with Crippen LogP contribution in [0, 0.1) is 0 Å². The lowest BCUT2D eigenvalue weighted by molar-refractivity contribution is -0.343. The molecule has 0 saturated carbocycles. The Balaban J connectivity index is 2.90. The molecule has 0 aliphatic carbocycles. The Morgan fingerprint density at radius 2 is 1.11 bits per heavy atom. The average Bonchev–Trinajstić information content (AvgIpc) is 2.43. The molecule has 8 nitrogen and oxygen atoms in total. The van der Waals surface area contributed by atoms with Crippen LogP contribution in [-0.2, 0) is 38.0 Å². The van der Waals surface area contributed by atoms with E-state index in [-0.39, 0.29) is 0 Å². The van der Waals surface area contributed by atoms with Gasteiger partial charge in [0.2, 0.25) is 12.6 Å². The van der Waals surface area contributed by atoms with E-state index in [0.29, 0.717) is 0 Å². The molecule has 1 heterocycles. The summed E-state index contributed by atoms with van der Waals surface area (Å²) in [6, 6.07) is 0. The number of carbonyl (C=O) groups is 2. The van der Waals surface area contributed by atoms with Crippen LogP contribution in [0.5, 0.6) is 0 Å². The van der Waals surface area contributed by atoms with Crippen molar-refractivity contribution in [2.24, 2.45) is 0 Å². The molecule has 1 fully saturated rings. The summed E-state index contributed by atoms with van der Waals surface area (Å²) in [6.07, 6.45) is -4.42. The first-order valence-corrected chi connectivity index (χ1v) is 5.11. The van der Waals surface area contributed by atoms with E-state index >= 15 is 0 Å². The number of methoxy groups -OCH3 is 4. The van der Waals surface area contributed by atoms with Crippen LogP contribution >= 0.6 is 0 Å². The molecule has 0 aromatic rings. The van der Waals surface area contributed by atoms with Crippen LogP contribution < -0.4 is 0 Å². The molecule has 0 aromatic heterocycles. The third-order valence-corrected chi connectivity index (χ3v) is 2.39. The summed E-state index contributed by atoms with van der Waals surface area (Å²) in [6.45, 7) is 0. The lowest BCUT2D eigenvalue weighted by atomic mass is 10.2. The first kappa shape index (κ1) is 14.8. The van der Waals surface area contributed by atoms with Crippen molar-refractivity contribution >= 4 is 11.9 Å². The maximum atomic E-state index is 11.5. The molecule has 0 radical (unpaired) electrons. The monoisotopic (exact) mass is 264 g/mol. The predicted octanol–water partition coefficient (Wildman–Crippen LogP) is -0.939. The molecule has 1 aliphatic rings. The topological polar surface area (TPSA) is 89.5 Å². The second-order valence-electron chi connectivity index (χ2n) is 3.37. The van der Waals surface area contributed by atoms with Crippen molar-refractivity contribution in [2.45, 2.75) is 24.8 Å². The van der Waals surface area contributed by atoms with Gasteiger partial charge in [-0.25, -0.2) is 9.59 Å². The highest BCUT2D eigenvalue weighted by atomic mass is 16.8. The van der Waals surface area contributed by atoms with Crippen molar-refractivity contribution in [3.8, 4) is 0 Å². The van der Waals surface area contributed by atoms with Gasteiger partial charge < -0.3 is 28.4 Å². The summed E-state index contributed by atoms with van der Waals surface area (Å²) >= 11 is 0. The van der Waals surface area contributed by atoms with Gasteiger partial charge >= 0.3 is 11.9 Å². The molecular formula is C10H16O8. The Kier molecular flexibility index (Phi) is 5.48. The van der Waals surface area contributed by atoms with Gasteiger partial charge in [0.1, 0.15) is 0 Å². The van der Waals surface area contributed by atoms with Gasteiger partial charge in [-0.3, -0.25) is 0 Å². The maximum Gasteiger partial charge on any atom is 0.338 e. The first-order valence-electron chi connectivity index (χ1n) is 5.11. The number of esters is 2. The smallest absolute Gasteiger partial charge is 0.338 e. The summed E-state index contributed by atoms with van der Waals surface area (Å²) in [5.74, 6) is -1.52. The second-order valence-corrected chi connectivity index (χ2v) is 3.37. The van der Waals surface area contributed by atoms with Crippen LogP contribution in [0.4, 0.5) is 0 Å². The van der Waals surface area contributed by atoms with Crippen LogP contribution in [-0.4, -0.2) is 65.2 Å². The molecule has 4 atom stereocenters. The molecule has 0 N–H and O–H groups in total. The number of rotatable bonds is 4. The molecule has 1 aliphatic heterocycles. The van der Waals surface area contributed by atoms with E-state index in [0.717, 1.165) is 0 Å².